The fraction of sp³-hybridized carbons (Fsp3) is 0.167. The van der Waals surface area contributed by atoms with Gasteiger partial charge in [0, 0.05) is 0 Å². The minimum atomic E-state index is 1.19. The number of hydrogen-bond donors (Lipinski definition) is 1. The monoisotopic (exact) mass is 190 g/mol. The van der Waals surface area contributed by atoms with E-state index in [1.54, 1.807) is 0 Å². The molecule has 0 N–H and O–H groups in total. The van der Waals surface area contributed by atoms with Gasteiger partial charge >= 0.3 is 0 Å². The van der Waals surface area contributed by atoms with Crippen LogP contribution in [-0.4, -0.2) is 0 Å². The van der Waals surface area contributed by atoms with Crippen LogP contribution < -0.4 is 0 Å². The highest BCUT2D eigenvalue weighted by Crippen LogP contribution is 2.22. The topological polar surface area (TPSA) is 0 Å². The van der Waals surface area contributed by atoms with Gasteiger partial charge in [0.05, 0.1) is 0 Å². The Morgan fingerprint density at radius 2 is 1.85 bits per heavy atom. The number of benzene rings is 1. The Kier molecular flexibility index (Phi) is 3.84. The molecule has 1 aromatic rings. The van der Waals surface area contributed by atoms with Crippen LogP contribution in [0.25, 0.3) is 5.57 Å². The molecular formula is C12H14S. The zero-order valence-corrected chi connectivity index (χ0v) is 8.88. The molecule has 0 aliphatic heterocycles. The second kappa shape index (κ2) is 4.93. The molecule has 0 atom stereocenters. The zero-order chi connectivity index (χ0) is 9.68. The van der Waals surface area contributed by atoms with Crippen molar-refractivity contribution in [1.29, 1.82) is 0 Å². The molecule has 68 valence electrons. The Hall–Kier alpha value is -0.950. The third-order valence-corrected chi connectivity index (χ3v) is 2.33. The molecular weight excluding hydrogens is 176 g/mol. The lowest BCUT2D eigenvalue weighted by Crippen LogP contribution is -1.84. The van der Waals surface area contributed by atoms with Crippen molar-refractivity contribution in [3.63, 3.8) is 0 Å². The van der Waals surface area contributed by atoms with Gasteiger partial charge in [-0.2, -0.15) is 12.6 Å². The van der Waals surface area contributed by atoms with Crippen molar-refractivity contribution in [2.75, 3.05) is 0 Å². The molecule has 0 unspecified atom stereocenters. The van der Waals surface area contributed by atoms with Crippen LogP contribution in [0.3, 0.4) is 0 Å². The zero-order valence-electron chi connectivity index (χ0n) is 7.99. The molecule has 0 spiro atoms. The van der Waals surface area contributed by atoms with Gasteiger partial charge in [0.1, 0.15) is 0 Å². The molecule has 0 aliphatic carbocycles. The summed E-state index contributed by atoms with van der Waals surface area (Å²) in [4.78, 5) is 0. The first-order valence-electron chi connectivity index (χ1n) is 4.32. The van der Waals surface area contributed by atoms with E-state index in [-0.39, 0.29) is 0 Å². The first-order chi connectivity index (χ1) is 6.29. The lowest BCUT2D eigenvalue weighted by atomic mass is 10.0. The number of rotatable bonds is 2. The summed E-state index contributed by atoms with van der Waals surface area (Å²) >= 11 is 4.22. The Morgan fingerprint density at radius 1 is 1.23 bits per heavy atom. The summed E-state index contributed by atoms with van der Waals surface area (Å²) in [5, 5.41) is 1.85. The molecule has 0 aromatic heterocycles. The molecule has 13 heavy (non-hydrogen) atoms. The minimum absolute atomic E-state index is 1.19. The molecule has 0 nitrogen and oxygen atoms in total. The van der Waals surface area contributed by atoms with Gasteiger partial charge in [-0.15, -0.1) is 0 Å². The third kappa shape index (κ3) is 2.49. The Balaban J connectivity index is 3.07. The van der Waals surface area contributed by atoms with E-state index in [1.165, 1.54) is 16.7 Å². The van der Waals surface area contributed by atoms with E-state index < -0.39 is 0 Å². The quantitative estimate of drug-likeness (QED) is 0.530. The first-order valence-corrected chi connectivity index (χ1v) is 4.84. The van der Waals surface area contributed by atoms with Crippen LogP contribution in [-0.2, 0) is 0 Å². The van der Waals surface area contributed by atoms with Crippen molar-refractivity contribution >= 4 is 18.2 Å². The van der Waals surface area contributed by atoms with Crippen LogP contribution in [0.2, 0.25) is 0 Å². The number of allylic oxidation sites excluding steroid dienone is 3. The summed E-state index contributed by atoms with van der Waals surface area (Å²) < 4.78 is 0. The van der Waals surface area contributed by atoms with Gasteiger partial charge in [0.2, 0.25) is 0 Å². The summed E-state index contributed by atoms with van der Waals surface area (Å²) in [7, 11) is 0. The number of hydrogen-bond acceptors (Lipinski definition) is 1. The van der Waals surface area contributed by atoms with Crippen molar-refractivity contribution in [3.8, 4) is 0 Å². The van der Waals surface area contributed by atoms with Crippen molar-refractivity contribution in [1.82, 2.24) is 0 Å². The van der Waals surface area contributed by atoms with Crippen LogP contribution in [0, 0.1) is 0 Å². The summed E-state index contributed by atoms with van der Waals surface area (Å²) in [6.45, 7) is 4.13. The van der Waals surface area contributed by atoms with Gasteiger partial charge in [0.15, 0.2) is 0 Å². The lowest BCUT2D eigenvalue weighted by molar-refractivity contribution is 1.47. The van der Waals surface area contributed by atoms with E-state index in [0.717, 1.165) is 0 Å². The number of thiol groups is 1. The minimum Gasteiger partial charge on any atom is -0.151 e. The van der Waals surface area contributed by atoms with Crippen molar-refractivity contribution in [2.24, 2.45) is 0 Å². The largest absolute Gasteiger partial charge is 0.151 e. The summed E-state index contributed by atoms with van der Waals surface area (Å²) in [5.74, 6) is 0. The van der Waals surface area contributed by atoms with E-state index in [2.05, 4.69) is 37.8 Å². The Bertz CT molecular complexity index is 320. The van der Waals surface area contributed by atoms with Crippen LogP contribution in [0.4, 0.5) is 0 Å². The fourth-order valence-electron chi connectivity index (χ4n) is 1.18. The maximum absolute atomic E-state index is 4.22. The normalized spacial score (nSPS) is 13.2. The summed E-state index contributed by atoms with van der Waals surface area (Å²) in [6.07, 6.45) is 2.09. The fourth-order valence-corrected chi connectivity index (χ4v) is 1.53. The first kappa shape index (κ1) is 10.1. The van der Waals surface area contributed by atoms with E-state index in [1.807, 2.05) is 30.5 Å². The molecule has 0 bridgehead atoms. The maximum atomic E-state index is 4.22. The summed E-state index contributed by atoms with van der Waals surface area (Å²) in [5.41, 5.74) is 3.65. The summed E-state index contributed by atoms with van der Waals surface area (Å²) in [6, 6.07) is 10.3. The van der Waals surface area contributed by atoms with Crippen molar-refractivity contribution in [3.05, 3.63) is 53.0 Å². The average molecular weight is 190 g/mol. The van der Waals surface area contributed by atoms with Gasteiger partial charge in [-0.1, -0.05) is 36.4 Å². The molecule has 1 heteroatoms. The van der Waals surface area contributed by atoms with E-state index in [0.29, 0.717) is 0 Å². The predicted octanol–water partition coefficient (Wildman–Crippen LogP) is 3.92. The molecule has 0 saturated carbocycles. The van der Waals surface area contributed by atoms with E-state index >= 15 is 0 Å². The van der Waals surface area contributed by atoms with E-state index in [4.69, 9.17) is 0 Å². The standard InChI is InChI=1S/C12H14S/c1-3-10(2)12(9-13)11-7-5-4-6-8-11/h3-9,13H,1-2H3/b10-3-,12-9+. The highest BCUT2D eigenvalue weighted by Gasteiger charge is 2.00. The van der Waals surface area contributed by atoms with Crippen molar-refractivity contribution in [2.45, 2.75) is 13.8 Å². The van der Waals surface area contributed by atoms with Gasteiger partial charge in [-0.25, -0.2) is 0 Å². The molecule has 1 aromatic carbocycles. The van der Waals surface area contributed by atoms with Crippen LogP contribution in [0.15, 0.2) is 47.4 Å². The SMILES string of the molecule is C/C=C(C)\C(=C/S)c1ccccc1. The van der Waals surface area contributed by atoms with Crippen LogP contribution in [0.1, 0.15) is 19.4 Å². The average Bonchev–Trinajstić information content (AvgIpc) is 2.20. The van der Waals surface area contributed by atoms with E-state index in [9.17, 15) is 0 Å². The van der Waals surface area contributed by atoms with Crippen LogP contribution >= 0.6 is 12.6 Å². The van der Waals surface area contributed by atoms with Gasteiger partial charge in [0.25, 0.3) is 0 Å². The molecule has 0 saturated heterocycles. The third-order valence-electron chi connectivity index (χ3n) is 2.07. The van der Waals surface area contributed by atoms with Crippen molar-refractivity contribution < 1.29 is 0 Å². The molecule has 0 radical (unpaired) electrons. The molecule has 0 heterocycles. The Morgan fingerprint density at radius 3 is 2.31 bits per heavy atom. The van der Waals surface area contributed by atoms with Gasteiger partial charge in [-0.3, -0.25) is 0 Å². The Labute approximate surface area is 85.4 Å². The second-order valence-electron chi connectivity index (χ2n) is 2.88. The highest BCUT2D eigenvalue weighted by molar-refractivity contribution is 7.83. The molecule has 0 amide bonds. The second-order valence-corrected chi connectivity index (χ2v) is 3.14. The van der Waals surface area contributed by atoms with Gasteiger partial charge < -0.3 is 0 Å². The predicted molar refractivity (Wildman–Crippen MR) is 62.8 cm³/mol. The lowest BCUT2D eigenvalue weighted by Gasteiger charge is -2.06. The smallest absolute Gasteiger partial charge is 0.00975 e. The molecule has 0 aliphatic rings. The maximum Gasteiger partial charge on any atom is -0.00975 e. The molecule has 1 rings (SSSR count). The molecule has 0 fully saturated rings. The van der Waals surface area contributed by atoms with Gasteiger partial charge in [-0.05, 0) is 36.0 Å². The van der Waals surface area contributed by atoms with Crippen LogP contribution in [0.5, 0.6) is 0 Å². The highest BCUT2D eigenvalue weighted by atomic mass is 32.1.